The van der Waals surface area contributed by atoms with Crippen molar-refractivity contribution in [3.05, 3.63) is 34.0 Å². The molecular formula is C29H40FN5O5. The highest BCUT2D eigenvalue weighted by molar-refractivity contribution is 6.00. The molecule has 0 aliphatic carbocycles. The number of aromatic nitrogens is 2. The molecule has 3 amide bonds. The minimum absolute atomic E-state index is 0.0451. The molecule has 5 rings (SSSR count). The van der Waals surface area contributed by atoms with E-state index in [1.165, 1.54) is 15.2 Å². The van der Waals surface area contributed by atoms with Gasteiger partial charge in [0.2, 0.25) is 11.8 Å². The molecule has 0 saturated carbocycles. The van der Waals surface area contributed by atoms with Gasteiger partial charge >= 0.3 is 11.8 Å². The molecule has 10 nitrogen and oxygen atoms in total. The number of benzene rings is 1. The van der Waals surface area contributed by atoms with Crippen molar-refractivity contribution in [2.45, 2.75) is 76.9 Å². The minimum atomic E-state index is -0.835. The molecule has 0 bridgehead atoms. The third kappa shape index (κ3) is 5.80. The topological polar surface area (TPSA) is 106 Å². The summed E-state index contributed by atoms with van der Waals surface area (Å²) < 4.78 is 23.8. The normalized spacial score (nSPS) is 22.1. The van der Waals surface area contributed by atoms with Crippen LogP contribution in [0.15, 0.2) is 16.9 Å². The Labute approximate surface area is 233 Å². The maximum atomic E-state index is 15.5. The van der Waals surface area contributed by atoms with Crippen LogP contribution in [-0.4, -0.2) is 75.2 Å². The molecule has 1 atom stereocenters. The Hall–Kier alpha value is -3.21. The van der Waals surface area contributed by atoms with Gasteiger partial charge in [-0.1, -0.05) is 0 Å². The first-order chi connectivity index (χ1) is 18.9. The number of halogens is 1. The lowest BCUT2D eigenvalue weighted by Crippen LogP contribution is -2.44. The zero-order valence-corrected chi connectivity index (χ0v) is 23.9. The molecule has 2 aromatic rings. The number of fused-ring (bicyclic) bond motifs is 1. The second kappa shape index (κ2) is 11.0. The number of amides is 3. The van der Waals surface area contributed by atoms with Crippen molar-refractivity contribution in [3.8, 4) is 0 Å². The van der Waals surface area contributed by atoms with E-state index < -0.39 is 23.2 Å². The summed E-state index contributed by atoms with van der Waals surface area (Å²) in [5.41, 5.74) is 0.681. The Bertz CT molecular complexity index is 1360. The third-order valence-electron chi connectivity index (χ3n) is 8.54. The number of nitrogens with zero attached hydrogens (tertiary/aromatic N) is 4. The van der Waals surface area contributed by atoms with Crippen molar-refractivity contribution >= 4 is 28.9 Å². The predicted octanol–water partition coefficient (Wildman–Crippen LogP) is 3.28. The van der Waals surface area contributed by atoms with E-state index in [1.807, 2.05) is 20.8 Å². The Morgan fingerprint density at radius 1 is 1.00 bits per heavy atom. The van der Waals surface area contributed by atoms with Gasteiger partial charge in [0, 0.05) is 39.2 Å². The summed E-state index contributed by atoms with van der Waals surface area (Å²) in [6, 6.07) is 2.31. The van der Waals surface area contributed by atoms with Crippen LogP contribution >= 0.6 is 0 Å². The van der Waals surface area contributed by atoms with Gasteiger partial charge in [-0.25, -0.2) is 14.0 Å². The maximum Gasteiger partial charge on any atom is 0.410 e. The number of carbonyl (C=O) groups excluding carboxylic acids is 3. The van der Waals surface area contributed by atoms with Crippen LogP contribution < -0.4 is 11.0 Å². The summed E-state index contributed by atoms with van der Waals surface area (Å²) in [6.07, 6.45) is 3.65. The third-order valence-corrected chi connectivity index (χ3v) is 8.54. The summed E-state index contributed by atoms with van der Waals surface area (Å²) >= 11 is 0. The van der Waals surface area contributed by atoms with E-state index in [4.69, 9.17) is 4.74 Å². The van der Waals surface area contributed by atoms with Crippen molar-refractivity contribution in [1.82, 2.24) is 24.3 Å². The molecular weight excluding hydrogens is 517 g/mol. The van der Waals surface area contributed by atoms with Crippen molar-refractivity contribution < 1.29 is 23.5 Å². The molecule has 11 heteroatoms. The zero-order valence-electron chi connectivity index (χ0n) is 23.9. The fourth-order valence-electron chi connectivity index (χ4n) is 6.36. The number of aryl methyl sites for hydroxylation is 1. The molecule has 3 aliphatic heterocycles. The van der Waals surface area contributed by atoms with E-state index in [-0.39, 0.29) is 36.6 Å². The number of hydrogen-bond acceptors (Lipinski definition) is 6. The molecule has 3 saturated heterocycles. The van der Waals surface area contributed by atoms with Crippen LogP contribution in [0.5, 0.6) is 0 Å². The summed E-state index contributed by atoms with van der Waals surface area (Å²) in [5, 5.41) is 2.29. The first kappa shape index (κ1) is 28.3. The summed E-state index contributed by atoms with van der Waals surface area (Å²) in [6.45, 7) is 9.75. The average molecular weight is 558 g/mol. The molecule has 1 aromatic heterocycles. The largest absolute Gasteiger partial charge is 0.444 e. The van der Waals surface area contributed by atoms with Gasteiger partial charge in [-0.2, -0.15) is 0 Å². The quantitative estimate of drug-likeness (QED) is 0.579. The Balaban J connectivity index is 1.21. The van der Waals surface area contributed by atoms with E-state index >= 15 is 4.39 Å². The van der Waals surface area contributed by atoms with Crippen LogP contribution in [0, 0.1) is 11.7 Å². The number of rotatable bonds is 4. The van der Waals surface area contributed by atoms with Crippen molar-refractivity contribution in [2.24, 2.45) is 13.0 Å². The van der Waals surface area contributed by atoms with Crippen molar-refractivity contribution in [3.63, 3.8) is 0 Å². The van der Waals surface area contributed by atoms with Gasteiger partial charge in [-0.3, -0.25) is 24.0 Å². The molecule has 3 fully saturated rings. The highest BCUT2D eigenvalue weighted by Crippen LogP contribution is 2.34. The molecule has 40 heavy (non-hydrogen) atoms. The monoisotopic (exact) mass is 557 g/mol. The van der Waals surface area contributed by atoms with Gasteiger partial charge in [0.15, 0.2) is 0 Å². The Kier molecular flexibility index (Phi) is 7.78. The number of likely N-dealkylation sites (tertiary alicyclic amines) is 2. The van der Waals surface area contributed by atoms with Crippen LogP contribution in [0.2, 0.25) is 0 Å². The fourth-order valence-corrected chi connectivity index (χ4v) is 6.36. The van der Waals surface area contributed by atoms with E-state index in [2.05, 4.69) is 10.2 Å². The van der Waals surface area contributed by atoms with Gasteiger partial charge in [-0.15, -0.1) is 0 Å². The lowest BCUT2D eigenvalue weighted by molar-refractivity contribution is -0.135. The molecule has 0 radical (unpaired) electrons. The lowest BCUT2D eigenvalue weighted by atomic mass is 9.87. The van der Waals surface area contributed by atoms with Crippen LogP contribution in [0.25, 0.3) is 11.0 Å². The second-order valence-corrected chi connectivity index (χ2v) is 12.5. The zero-order chi connectivity index (χ0) is 28.8. The summed E-state index contributed by atoms with van der Waals surface area (Å²) in [7, 11) is 1.63. The molecule has 1 aromatic carbocycles. The van der Waals surface area contributed by atoms with Crippen LogP contribution in [0.1, 0.15) is 76.8 Å². The fraction of sp³-hybridized carbons (Fsp3) is 0.655. The molecule has 0 spiro atoms. The highest BCUT2D eigenvalue weighted by Gasteiger charge is 2.33. The molecule has 1 unspecified atom stereocenters. The molecule has 4 heterocycles. The van der Waals surface area contributed by atoms with Crippen molar-refractivity contribution in [2.75, 3.05) is 32.7 Å². The number of piperidine rings is 3. The van der Waals surface area contributed by atoms with Gasteiger partial charge in [0.1, 0.15) is 17.5 Å². The summed E-state index contributed by atoms with van der Waals surface area (Å²) in [5.74, 6) is -0.695. The molecule has 3 aliphatic rings. The predicted molar refractivity (Wildman–Crippen MR) is 148 cm³/mol. The van der Waals surface area contributed by atoms with Crippen LogP contribution in [-0.2, 0) is 21.4 Å². The number of carbonyl (C=O) groups is 3. The van der Waals surface area contributed by atoms with Gasteiger partial charge in [0.05, 0.1) is 11.0 Å². The smallest absolute Gasteiger partial charge is 0.410 e. The highest BCUT2D eigenvalue weighted by atomic mass is 19.1. The van der Waals surface area contributed by atoms with Crippen molar-refractivity contribution in [1.29, 1.82) is 0 Å². The lowest BCUT2D eigenvalue weighted by Gasteiger charge is -2.38. The standard InChI is InChI=1S/C29H40FN5O5/c1-29(2,3)40-28(39)34-13-7-18(8-14-34)17-33-11-9-19(10-12-33)20-15-23-24(16-21(20)30)35(27(38)32(23)4)22-5-6-25(36)31-26(22)37/h15-16,18-19,22H,5-14,17H2,1-4H3,(H,31,36,37). The number of hydrogen-bond donors (Lipinski definition) is 1. The molecule has 1 N–H and O–H groups in total. The number of ether oxygens (including phenoxy) is 1. The average Bonchev–Trinajstić information content (AvgIpc) is 3.12. The maximum absolute atomic E-state index is 15.5. The first-order valence-corrected chi connectivity index (χ1v) is 14.4. The van der Waals surface area contributed by atoms with Gasteiger partial charge in [-0.05, 0) is 89.4 Å². The number of nitrogens with one attached hydrogen (secondary N) is 1. The van der Waals surface area contributed by atoms with Gasteiger partial charge in [0.25, 0.3) is 0 Å². The van der Waals surface area contributed by atoms with E-state index in [0.717, 1.165) is 45.3 Å². The number of imide groups is 1. The Morgan fingerprint density at radius 2 is 1.68 bits per heavy atom. The number of imidazole rings is 1. The second-order valence-electron chi connectivity index (χ2n) is 12.5. The minimum Gasteiger partial charge on any atom is -0.444 e. The van der Waals surface area contributed by atoms with Crippen LogP contribution in [0.4, 0.5) is 9.18 Å². The van der Waals surface area contributed by atoms with Gasteiger partial charge < -0.3 is 14.5 Å². The molecule has 218 valence electrons. The SMILES string of the molecule is Cn1c(=O)n(C2CCC(=O)NC2=O)c2cc(F)c(C3CCN(CC4CCN(C(=O)OC(C)(C)C)CC4)CC3)cc21. The summed E-state index contributed by atoms with van der Waals surface area (Å²) in [4.78, 5) is 53.7. The van der Waals surface area contributed by atoms with Crippen LogP contribution in [0.3, 0.4) is 0 Å². The van der Waals surface area contributed by atoms with E-state index in [9.17, 15) is 19.2 Å². The Morgan fingerprint density at radius 3 is 2.30 bits per heavy atom. The van der Waals surface area contributed by atoms with E-state index in [0.29, 0.717) is 35.6 Å². The first-order valence-electron chi connectivity index (χ1n) is 14.4. The van der Waals surface area contributed by atoms with E-state index in [1.54, 1.807) is 18.0 Å².